The number of rotatable bonds is 4. The van der Waals surface area contributed by atoms with E-state index in [1.807, 2.05) is 0 Å². The maximum absolute atomic E-state index is 12.5. The summed E-state index contributed by atoms with van der Waals surface area (Å²) < 4.78 is 44.3. The van der Waals surface area contributed by atoms with Crippen LogP contribution in [0, 0.1) is 0 Å². The quantitative estimate of drug-likeness (QED) is 0.752. The van der Waals surface area contributed by atoms with Crippen molar-refractivity contribution in [3.05, 3.63) is 52.5 Å². The third-order valence-corrected chi connectivity index (χ3v) is 5.38. The minimum atomic E-state index is -3.75. The monoisotopic (exact) mass is 362 g/mol. The van der Waals surface area contributed by atoms with Gasteiger partial charge in [0, 0.05) is 13.6 Å². The van der Waals surface area contributed by atoms with Gasteiger partial charge in [-0.05, 0) is 35.9 Å². The van der Waals surface area contributed by atoms with Gasteiger partial charge in [-0.2, -0.15) is 0 Å². The minimum absolute atomic E-state index is 0.0529. The van der Waals surface area contributed by atoms with E-state index >= 15 is 0 Å². The van der Waals surface area contributed by atoms with E-state index < -0.39 is 15.8 Å². The number of sulfonamides is 1. The molecule has 8 nitrogen and oxygen atoms in total. The van der Waals surface area contributed by atoms with Gasteiger partial charge >= 0.3 is 5.76 Å². The van der Waals surface area contributed by atoms with E-state index in [0.717, 1.165) is 5.56 Å². The average Bonchev–Trinajstić information content (AvgIpc) is 3.17. The van der Waals surface area contributed by atoms with Gasteiger partial charge in [0.2, 0.25) is 16.8 Å². The van der Waals surface area contributed by atoms with E-state index in [9.17, 15) is 13.2 Å². The number of benzene rings is 2. The van der Waals surface area contributed by atoms with Crippen LogP contribution < -0.4 is 20.0 Å². The summed E-state index contributed by atoms with van der Waals surface area (Å²) in [5.41, 5.74) is 1.49. The summed E-state index contributed by atoms with van der Waals surface area (Å²) in [6, 6.07) is 9.49. The van der Waals surface area contributed by atoms with Crippen molar-refractivity contribution < 1.29 is 22.3 Å². The van der Waals surface area contributed by atoms with Gasteiger partial charge in [0.05, 0.1) is 10.4 Å². The fraction of sp³-hybridized carbons (Fsp3) is 0.188. The van der Waals surface area contributed by atoms with Crippen LogP contribution in [-0.2, 0) is 23.6 Å². The molecule has 0 atom stereocenters. The molecular formula is C16H14N2O6S. The van der Waals surface area contributed by atoms with E-state index in [2.05, 4.69) is 4.72 Å². The van der Waals surface area contributed by atoms with E-state index in [-0.39, 0.29) is 18.2 Å². The Bertz CT molecular complexity index is 1130. The summed E-state index contributed by atoms with van der Waals surface area (Å²) in [5, 5.41) is 0. The second-order valence-electron chi connectivity index (χ2n) is 5.57. The van der Waals surface area contributed by atoms with E-state index in [4.69, 9.17) is 13.9 Å². The number of fused-ring (bicyclic) bond motifs is 2. The summed E-state index contributed by atoms with van der Waals surface area (Å²) in [7, 11) is -2.23. The highest BCUT2D eigenvalue weighted by atomic mass is 32.2. The molecule has 1 aliphatic rings. The molecule has 0 radical (unpaired) electrons. The van der Waals surface area contributed by atoms with Crippen LogP contribution in [0.1, 0.15) is 5.56 Å². The summed E-state index contributed by atoms with van der Waals surface area (Å²) in [4.78, 5) is 11.6. The van der Waals surface area contributed by atoms with Gasteiger partial charge in [0.25, 0.3) is 0 Å². The number of aryl methyl sites for hydroxylation is 1. The largest absolute Gasteiger partial charge is 0.454 e. The number of ether oxygens (including phenoxy) is 2. The smallest absolute Gasteiger partial charge is 0.419 e. The lowest BCUT2D eigenvalue weighted by Crippen LogP contribution is -2.23. The number of nitrogens with one attached hydrogen (secondary N) is 1. The van der Waals surface area contributed by atoms with Crippen molar-refractivity contribution in [2.24, 2.45) is 7.05 Å². The topological polar surface area (TPSA) is 99.8 Å². The molecule has 0 spiro atoms. The maximum atomic E-state index is 12.5. The lowest BCUT2D eigenvalue weighted by molar-refractivity contribution is 0.174. The highest BCUT2D eigenvalue weighted by Gasteiger charge is 2.18. The highest BCUT2D eigenvalue weighted by molar-refractivity contribution is 7.89. The van der Waals surface area contributed by atoms with Gasteiger partial charge in [-0.15, -0.1) is 0 Å². The molecule has 0 saturated carbocycles. The molecule has 9 heteroatoms. The van der Waals surface area contributed by atoms with Gasteiger partial charge in [-0.25, -0.2) is 17.9 Å². The molecule has 1 aliphatic heterocycles. The highest BCUT2D eigenvalue weighted by Crippen LogP contribution is 2.32. The molecule has 0 saturated heterocycles. The Morgan fingerprint density at radius 2 is 1.92 bits per heavy atom. The number of aromatic nitrogens is 1. The van der Waals surface area contributed by atoms with Gasteiger partial charge in [-0.1, -0.05) is 6.07 Å². The molecular weight excluding hydrogens is 348 g/mol. The fourth-order valence-corrected chi connectivity index (χ4v) is 3.62. The van der Waals surface area contributed by atoms with E-state index in [0.29, 0.717) is 22.6 Å². The van der Waals surface area contributed by atoms with Crippen LogP contribution in [-0.4, -0.2) is 19.8 Å². The van der Waals surface area contributed by atoms with Crippen molar-refractivity contribution >= 4 is 21.1 Å². The zero-order valence-electron chi connectivity index (χ0n) is 13.2. The van der Waals surface area contributed by atoms with Crippen LogP contribution in [0.2, 0.25) is 0 Å². The van der Waals surface area contributed by atoms with Crippen LogP contribution in [0.4, 0.5) is 0 Å². The van der Waals surface area contributed by atoms with Gasteiger partial charge in [0.15, 0.2) is 17.1 Å². The predicted octanol–water partition coefficient (Wildman–Crippen LogP) is 1.34. The summed E-state index contributed by atoms with van der Waals surface area (Å²) >= 11 is 0. The lowest BCUT2D eigenvalue weighted by atomic mass is 10.2. The van der Waals surface area contributed by atoms with Gasteiger partial charge < -0.3 is 13.9 Å². The first-order chi connectivity index (χ1) is 11.9. The molecule has 1 aromatic heterocycles. The first-order valence-electron chi connectivity index (χ1n) is 7.42. The molecule has 0 aliphatic carbocycles. The first kappa shape index (κ1) is 15.7. The second-order valence-corrected chi connectivity index (χ2v) is 7.34. The summed E-state index contributed by atoms with van der Waals surface area (Å²) in [6.45, 7) is 0.259. The van der Waals surface area contributed by atoms with Crippen molar-refractivity contribution in [3.8, 4) is 11.5 Å². The Balaban J connectivity index is 1.59. The molecule has 1 N–H and O–H groups in total. The Morgan fingerprint density at radius 1 is 1.12 bits per heavy atom. The molecule has 2 heterocycles. The fourth-order valence-electron chi connectivity index (χ4n) is 2.59. The second kappa shape index (κ2) is 5.64. The van der Waals surface area contributed by atoms with Crippen LogP contribution in [0.25, 0.3) is 11.1 Å². The van der Waals surface area contributed by atoms with E-state index in [1.165, 1.54) is 29.8 Å². The molecule has 25 heavy (non-hydrogen) atoms. The molecule has 0 bridgehead atoms. The predicted molar refractivity (Wildman–Crippen MR) is 88.0 cm³/mol. The zero-order valence-corrected chi connectivity index (χ0v) is 14.0. The third kappa shape index (κ3) is 2.77. The number of hydrogen-bond acceptors (Lipinski definition) is 6. The molecule has 0 fully saturated rings. The minimum Gasteiger partial charge on any atom is -0.454 e. The summed E-state index contributed by atoms with van der Waals surface area (Å²) in [6.07, 6.45) is 0. The van der Waals surface area contributed by atoms with Crippen LogP contribution in [0.3, 0.4) is 0 Å². The van der Waals surface area contributed by atoms with Crippen molar-refractivity contribution in [1.29, 1.82) is 0 Å². The van der Waals surface area contributed by atoms with E-state index in [1.54, 1.807) is 18.2 Å². The van der Waals surface area contributed by atoms with Crippen molar-refractivity contribution in [1.82, 2.24) is 9.29 Å². The Labute approximate surface area is 142 Å². The Kier molecular flexibility index (Phi) is 3.55. The third-order valence-electron chi connectivity index (χ3n) is 3.98. The normalized spacial score (nSPS) is 13.5. The van der Waals surface area contributed by atoms with Crippen molar-refractivity contribution in [2.45, 2.75) is 11.4 Å². The molecule has 0 amide bonds. The van der Waals surface area contributed by atoms with Crippen molar-refractivity contribution in [3.63, 3.8) is 0 Å². The van der Waals surface area contributed by atoms with Crippen molar-refractivity contribution in [2.75, 3.05) is 6.79 Å². The number of hydrogen-bond donors (Lipinski definition) is 1. The molecule has 0 unspecified atom stereocenters. The first-order valence-corrected chi connectivity index (χ1v) is 8.90. The van der Waals surface area contributed by atoms with Gasteiger partial charge in [-0.3, -0.25) is 4.57 Å². The standard InChI is InChI=1S/C16H14N2O6S/c1-18-12-7-11(3-5-13(12)24-16(18)19)25(20,21)17-8-10-2-4-14-15(6-10)23-9-22-14/h2-7,17H,8-9H2,1H3. The van der Waals surface area contributed by atoms with Crippen LogP contribution in [0.5, 0.6) is 11.5 Å². The number of oxazole rings is 1. The van der Waals surface area contributed by atoms with Gasteiger partial charge in [0.1, 0.15) is 0 Å². The Hall–Kier alpha value is -2.78. The summed E-state index contributed by atoms with van der Waals surface area (Å²) in [5.74, 6) is 0.683. The molecule has 2 aromatic carbocycles. The van der Waals surface area contributed by atoms with Crippen LogP contribution in [0.15, 0.2) is 50.5 Å². The zero-order chi connectivity index (χ0) is 17.6. The lowest BCUT2D eigenvalue weighted by Gasteiger charge is -2.08. The molecule has 4 rings (SSSR count). The SMILES string of the molecule is Cn1c(=O)oc2ccc(S(=O)(=O)NCc3ccc4c(c3)OCO4)cc21. The molecule has 130 valence electrons. The van der Waals surface area contributed by atoms with Crippen LogP contribution >= 0.6 is 0 Å². The maximum Gasteiger partial charge on any atom is 0.419 e. The molecule has 3 aromatic rings. The number of nitrogens with zero attached hydrogens (tertiary/aromatic N) is 1. The Morgan fingerprint density at radius 3 is 2.76 bits per heavy atom. The average molecular weight is 362 g/mol.